The maximum absolute atomic E-state index is 12.3. The minimum atomic E-state index is -1.13. The van der Waals surface area contributed by atoms with Gasteiger partial charge in [-0.1, -0.05) is 37.3 Å². The highest BCUT2D eigenvalue weighted by atomic mass is 16.6. The zero-order chi connectivity index (χ0) is 25.6. The van der Waals surface area contributed by atoms with Crippen LogP contribution in [0.25, 0.3) is 0 Å². The molecule has 0 aliphatic heterocycles. The number of carbonyl (C=O) groups excluding carboxylic acids is 3. The van der Waals surface area contributed by atoms with Crippen molar-refractivity contribution in [2.45, 2.75) is 71.6 Å². The standard InChI is InChI=1S/C24H37N3O7/c1-5-20(28)27(16-21(29)30)15-19(26-23(32)34-24(2,3)4)13-9-10-14-25-22(31)33-17-18-11-7-6-8-12-18/h6-8,11-12,19H,5,9-10,13-17H2,1-4H3,(H,25,31)(H,26,32)(H,29,30)/t19-/m0/s1. The van der Waals surface area contributed by atoms with Crippen molar-refractivity contribution in [1.29, 1.82) is 0 Å². The van der Waals surface area contributed by atoms with Crippen LogP contribution in [0.2, 0.25) is 0 Å². The number of benzene rings is 1. The molecule has 0 radical (unpaired) electrons. The fourth-order valence-electron chi connectivity index (χ4n) is 3.07. The van der Waals surface area contributed by atoms with Gasteiger partial charge in [0.25, 0.3) is 0 Å². The highest BCUT2D eigenvalue weighted by Gasteiger charge is 2.24. The van der Waals surface area contributed by atoms with Gasteiger partial charge in [-0.15, -0.1) is 0 Å². The SMILES string of the molecule is CCC(=O)N(CC(=O)O)C[C@H](CCCCNC(=O)OCc1ccccc1)NC(=O)OC(C)(C)C. The molecule has 0 bridgehead atoms. The van der Waals surface area contributed by atoms with Crippen molar-refractivity contribution < 1.29 is 33.8 Å². The van der Waals surface area contributed by atoms with Crippen LogP contribution in [0.5, 0.6) is 0 Å². The van der Waals surface area contributed by atoms with Crippen LogP contribution < -0.4 is 10.6 Å². The van der Waals surface area contributed by atoms with Gasteiger partial charge in [-0.3, -0.25) is 9.59 Å². The summed E-state index contributed by atoms with van der Waals surface area (Å²) in [6, 6.07) is 8.83. The number of hydrogen-bond acceptors (Lipinski definition) is 6. The summed E-state index contributed by atoms with van der Waals surface area (Å²) in [7, 11) is 0. The number of nitrogens with one attached hydrogen (secondary N) is 2. The number of ether oxygens (including phenoxy) is 2. The number of hydrogen-bond donors (Lipinski definition) is 3. The van der Waals surface area contributed by atoms with Gasteiger partial charge >= 0.3 is 18.2 Å². The second-order valence-electron chi connectivity index (χ2n) is 8.85. The minimum Gasteiger partial charge on any atom is -0.480 e. The van der Waals surface area contributed by atoms with Crippen molar-refractivity contribution in [3.05, 3.63) is 35.9 Å². The molecule has 0 saturated carbocycles. The normalized spacial score (nSPS) is 11.8. The summed E-state index contributed by atoms with van der Waals surface area (Å²) >= 11 is 0. The van der Waals surface area contributed by atoms with Crippen molar-refractivity contribution in [3.8, 4) is 0 Å². The van der Waals surface area contributed by atoms with Gasteiger partial charge in [0.05, 0.1) is 0 Å². The molecule has 3 N–H and O–H groups in total. The third-order valence-electron chi connectivity index (χ3n) is 4.60. The van der Waals surface area contributed by atoms with E-state index in [2.05, 4.69) is 10.6 Å². The lowest BCUT2D eigenvalue weighted by atomic mass is 10.1. The first kappa shape index (κ1) is 28.7. The molecule has 0 aliphatic rings. The summed E-state index contributed by atoms with van der Waals surface area (Å²) in [4.78, 5) is 48.6. The molecule has 1 aromatic carbocycles. The number of amides is 3. The van der Waals surface area contributed by atoms with Gasteiger partial charge in [0.15, 0.2) is 0 Å². The molecule has 10 nitrogen and oxygen atoms in total. The number of aliphatic carboxylic acids is 1. The highest BCUT2D eigenvalue weighted by Crippen LogP contribution is 2.10. The molecule has 3 amide bonds. The van der Waals surface area contributed by atoms with Crippen LogP contribution in [0.3, 0.4) is 0 Å². The first-order chi connectivity index (χ1) is 16.0. The molecule has 34 heavy (non-hydrogen) atoms. The van der Waals surface area contributed by atoms with E-state index < -0.39 is 36.3 Å². The molecular formula is C24H37N3O7. The van der Waals surface area contributed by atoms with Crippen molar-refractivity contribution in [3.63, 3.8) is 0 Å². The predicted octanol–water partition coefficient (Wildman–Crippen LogP) is 3.30. The summed E-state index contributed by atoms with van der Waals surface area (Å²) < 4.78 is 10.5. The molecule has 0 fully saturated rings. The number of alkyl carbamates (subject to hydrolysis) is 2. The summed E-state index contributed by atoms with van der Waals surface area (Å²) in [6.45, 7) is 7.01. The van der Waals surface area contributed by atoms with Crippen LogP contribution in [0.15, 0.2) is 30.3 Å². The highest BCUT2D eigenvalue weighted by molar-refractivity contribution is 5.81. The van der Waals surface area contributed by atoms with E-state index in [1.807, 2.05) is 30.3 Å². The van der Waals surface area contributed by atoms with Crippen LogP contribution in [0.1, 0.15) is 58.9 Å². The second kappa shape index (κ2) is 14.8. The van der Waals surface area contributed by atoms with Gasteiger partial charge in [-0.05, 0) is 45.6 Å². The molecule has 1 aromatic rings. The first-order valence-corrected chi connectivity index (χ1v) is 11.4. The van der Waals surface area contributed by atoms with E-state index in [0.717, 1.165) is 5.56 Å². The lowest BCUT2D eigenvalue weighted by molar-refractivity contribution is -0.144. The Morgan fingerprint density at radius 1 is 1.06 bits per heavy atom. The molecule has 0 aliphatic carbocycles. The third kappa shape index (κ3) is 13.3. The van der Waals surface area contributed by atoms with Gasteiger partial charge in [0, 0.05) is 25.6 Å². The summed E-state index contributed by atoms with van der Waals surface area (Å²) in [5.41, 5.74) is 0.194. The van der Waals surface area contributed by atoms with Crippen LogP contribution in [0.4, 0.5) is 9.59 Å². The van der Waals surface area contributed by atoms with Gasteiger partial charge in [-0.25, -0.2) is 9.59 Å². The Kier molecular flexibility index (Phi) is 12.5. The van der Waals surface area contributed by atoms with Crippen molar-refractivity contribution in [1.82, 2.24) is 15.5 Å². The Morgan fingerprint density at radius 3 is 2.32 bits per heavy atom. The average molecular weight is 480 g/mol. The average Bonchev–Trinajstić information content (AvgIpc) is 2.75. The van der Waals surface area contributed by atoms with Gasteiger partial charge in [0.1, 0.15) is 18.8 Å². The van der Waals surface area contributed by atoms with Crippen molar-refractivity contribution in [2.24, 2.45) is 0 Å². The molecule has 1 atom stereocenters. The lowest BCUT2D eigenvalue weighted by Crippen LogP contribution is -2.48. The smallest absolute Gasteiger partial charge is 0.407 e. The number of carboxylic acids is 1. The Hall–Kier alpha value is -3.30. The number of rotatable bonds is 13. The Labute approximate surface area is 201 Å². The van der Waals surface area contributed by atoms with E-state index in [9.17, 15) is 19.2 Å². The van der Waals surface area contributed by atoms with Gasteiger partial charge in [0.2, 0.25) is 5.91 Å². The molecule has 0 spiro atoms. The number of carbonyl (C=O) groups is 4. The largest absolute Gasteiger partial charge is 0.480 e. The third-order valence-corrected chi connectivity index (χ3v) is 4.60. The van der Waals surface area contributed by atoms with E-state index in [0.29, 0.717) is 25.8 Å². The topological polar surface area (TPSA) is 134 Å². The van der Waals surface area contributed by atoms with E-state index >= 15 is 0 Å². The lowest BCUT2D eigenvalue weighted by Gasteiger charge is -2.28. The summed E-state index contributed by atoms with van der Waals surface area (Å²) in [6.07, 6.45) is 0.677. The summed E-state index contributed by atoms with van der Waals surface area (Å²) in [5.74, 6) is -1.45. The molecule has 0 heterocycles. The number of unbranched alkanes of at least 4 members (excludes halogenated alkanes) is 1. The fraction of sp³-hybridized carbons (Fsp3) is 0.583. The maximum atomic E-state index is 12.3. The Balaban J connectivity index is 2.54. The molecule has 0 saturated heterocycles. The predicted molar refractivity (Wildman–Crippen MR) is 126 cm³/mol. The molecule has 0 aromatic heterocycles. The number of nitrogens with zero attached hydrogens (tertiary/aromatic N) is 1. The van der Waals surface area contributed by atoms with E-state index in [4.69, 9.17) is 14.6 Å². The molecular weight excluding hydrogens is 442 g/mol. The van der Waals surface area contributed by atoms with Crippen molar-refractivity contribution >= 4 is 24.1 Å². The van der Waals surface area contributed by atoms with Crippen LogP contribution in [-0.4, -0.2) is 65.3 Å². The monoisotopic (exact) mass is 479 g/mol. The molecule has 0 unspecified atom stereocenters. The van der Waals surface area contributed by atoms with Crippen LogP contribution in [0, 0.1) is 0 Å². The Morgan fingerprint density at radius 2 is 1.74 bits per heavy atom. The maximum Gasteiger partial charge on any atom is 0.407 e. The Bertz CT molecular complexity index is 794. The zero-order valence-electron chi connectivity index (χ0n) is 20.5. The van der Waals surface area contributed by atoms with E-state index in [1.54, 1.807) is 27.7 Å². The minimum absolute atomic E-state index is 0.0464. The van der Waals surface area contributed by atoms with E-state index in [1.165, 1.54) is 4.90 Å². The fourth-order valence-corrected chi connectivity index (χ4v) is 3.07. The molecule has 1 rings (SSSR count). The molecule has 10 heteroatoms. The van der Waals surface area contributed by atoms with Crippen molar-refractivity contribution in [2.75, 3.05) is 19.6 Å². The van der Waals surface area contributed by atoms with Gasteiger partial charge in [-0.2, -0.15) is 0 Å². The second-order valence-corrected chi connectivity index (χ2v) is 8.85. The zero-order valence-corrected chi connectivity index (χ0v) is 20.5. The van der Waals surface area contributed by atoms with Crippen LogP contribution >= 0.6 is 0 Å². The van der Waals surface area contributed by atoms with E-state index in [-0.39, 0.29) is 25.5 Å². The molecule has 190 valence electrons. The summed E-state index contributed by atoms with van der Waals surface area (Å²) in [5, 5.41) is 14.5. The quantitative estimate of drug-likeness (QED) is 0.370. The first-order valence-electron chi connectivity index (χ1n) is 11.4. The number of carboxylic acid groups (broad SMARTS) is 1. The van der Waals surface area contributed by atoms with Gasteiger partial charge < -0.3 is 30.1 Å². The van der Waals surface area contributed by atoms with Crippen LogP contribution in [-0.2, 0) is 25.7 Å².